The van der Waals surface area contributed by atoms with E-state index in [1.807, 2.05) is 12.2 Å². The molecule has 0 fully saturated rings. The van der Waals surface area contributed by atoms with Gasteiger partial charge in [0.2, 0.25) is 5.88 Å². The van der Waals surface area contributed by atoms with Gasteiger partial charge in [0.05, 0.1) is 24.7 Å². The summed E-state index contributed by atoms with van der Waals surface area (Å²) in [5.41, 5.74) is 0.462. The molecule has 0 radical (unpaired) electrons. The SMILES string of the molecule is O=C1Nc2cncc(n2)OCC/C=C\COc2ccc(Cl)cc2N1. The number of fused-ring (bicyclic) bond motifs is 3. The number of anilines is 2. The van der Waals surface area contributed by atoms with Crippen molar-refractivity contribution in [2.24, 2.45) is 0 Å². The number of hydrogen-bond donors (Lipinski definition) is 2. The van der Waals surface area contributed by atoms with Crippen LogP contribution in [0.4, 0.5) is 16.3 Å². The Labute approximate surface area is 143 Å². The zero-order valence-corrected chi connectivity index (χ0v) is 13.4. The van der Waals surface area contributed by atoms with Crippen LogP contribution in [-0.2, 0) is 0 Å². The monoisotopic (exact) mass is 346 g/mol. The highest BCUT2D eigenvalue weighted by atomic mass is 35.5. The van der Waals surface area contributed by atoms with Gasteiger partial charge in [-0.1, -0.05) is 23.8 Å². The van der Waals surface area contributed by atoms with Crippen LogP contribution < -0.4 is 20.1 Å². The van der Waals surface area contributed by atoms with Gasteiger partial charge < -0.3 is 14.8 Å². The van der Waals surface area contributed by atoms with E-state index in [4.69, 9.17) is 21.1 Å². The van der Waals surface area contributed by atoms with Crippen molar-refractivity contribution in [3.63, 3.8) is 0 Å². The molecule has 2 heterocycles. The molecule has 8 heteroatoms. The van der Waals surface area contributed by atoms with Crippen molar-refractivity contribution in [2.75, 3.05) is 23.8 Å². The number of hydrogen-bond acceptors (Lipinski definition) is 5. The number of aromatic nitrogens is 2. The molecule has 2 bridgehead atoms. The van der Waals surface area contributed by atoms with Crippen LogP contribution in [0.25, 0.3) is 0 Å². The molecule has 1 aromatic carbocycles. The van der Waals surface area contributed by atoms with E-state index in [2.05, 4.69) is 20.6 Å². The Morgan fingerprint density at radius 1 is 1.12 bits per heavy atom. The Hall–Kier alpha value is -2.80. The first-order valence-corrected chi connectivity index (χ1v) is 7.69. The van der Waals surface area contributed by atoms with E-state index < -0.39 is 6.03 Å². The average molecular weight is 347 g/mol. The fraction of sp³-hybridized carbons (Fsp3) is 0.188. The second-order valence-electron chi connectivity index (χ2n) is 4.88. The van der Waals surface area contributed by atoms with Gasteiger partial charge in [0.25, 0.3) is 0 Å². The molecule has 2 N–H and O–H groups in total. The van der Waals surface area contributed by atoms with Crippen molar-refractivity contribution >= 4 is 29.1 Å². The second kappa shape index (κ2) is 7.65. The molecule has 1 aliphatic rings. The number of benzene rings is 1. The van der Waals surface area contributed by atoms with Crippen LogP contribution in [0.1, 0.15) is 6.42 Å². The summed E-state index contributed by atoms with van der Waals surface area (Å²) in [6.45, 7) is 0.818. The van der Waals surface area contributed by atoms with Crippen LogP contribution in [0.5, 0.6) is 11.6 Å². The van der Waals surface area contributed by atoms with Gasteiger partial charge >= 0.3 is 6.03 Å². The van der Waals surface area contributed by atoms with Gasteiger partial charge in [0.15, 0.2) is 5.82 Å². The van der Waals surface area contributed by atoms with E-state index in [-0.39, 0.29) is 5.82 Å². The smallest absolute Gasteiger partial charge is 0.325 e. The highest BCUT2D eigenvalue weighted by Crippen LogP contribution is 2.28. The molecule has 0 spiro atoms. The third-order valence-electron chi connectivity index (χ3n) is 3.08. The van der Waals surface area contributed by atoms with Crippen molar-refractivity contribution < 1.29 is 14.3 Å². The minimum absolute atomic E-state index is 0.278. The molecule has 3 rings (SSSR count). The van der Waals surface area contributed by atoms with E-state index >= 15 is 0 Å². The highest BCUT2D eigenvalue weighted by Gasteiger charge is 2.10. The summed E-state index contributed by atoms with van der Waals surface area (Å²) >= 11 is 5.99. The van der Waals surface area contributed by atoms with Crippen LogP contribution >= 0.6 is 11.6 Å². The maximum atomic E-state index is 12.2. The predicted molar refractivity (Wildman–Crippen MR) is 90.9 cm³/mol. The number of ether oxygens (including phenoxy) is 2. The first-order valence-electron chi connectivity index (χ1n) is 7.31. The molecule has 0 aliphatic carbocycles. The quantitative estimate of drug-likeness (QED) is 0.713. The average Bonchev–Trinajstić information content (AvgIpc) is 2.55. The van der Waals surface area contributed by atoms with Crippen molar-refractivity contribution in [3.8, 4) is 11.6 Å². The highest BCUT2D eigenvalue weighted by molar-refractivity contribution is 6.31. The first kappa shape index (κ1) is 16.1. The van der Waals surface area contributed by atoms with Gasteiger partial charge in [-0.25, -0.2) is 4.79 Å². The molecule has 0 saturated heterocycles. The summed E-state index contributed by atoms with van der Waals surface area (Å²) in [6, 6.07) is 4.52. The number of carbonyl (C=O) groups is 1. The fourth-order valence-electron chi connectivity index (χ4n) is 2.03. The van der Waals surface area contributed by atoms with E-state index in [9.17, 15) is 4.79 Å². The molecule has 0 saturated carbocycles. The number of nitrogens with zero attached hydrogens (tertiary/aromatic N) is 2. The maximum Gasteiger partial charge on any atom is 0.325 e. The van der Waals surface area contributed by atoms with Gasteiger partial charge in [-0.05, 0) is 24.6 Å². The van der Waals surface area contributed by atoms with E-state index in [0.29, 0.717) is 42.0 Å². The minimum Gasteiger partial charge on any atom is -0.487 e. The van der Waals surface area contributed by atoms with Crippen molar-refractivity contribution in [3.05, 3.63) is 47.8 Å². The van der Waals surface area contributed by atoms with E-state index in [1.165, 1.54) is 12.4 Å². The van der Waals surface area contributed by atoms with Crippen LogP contribution in [-0.4, -0.2) is 29.2 Å². The Balaban J connectivity index is 1.86. The maximum absolute atomic E-state index is 12.2. The Morgan fingerprint density at radius 2 is 2.04 bits per heavy atom. The Kier molecular flexibility index (Phi) is 5.12. The van der Waals surface area contributed by atoms with E-state index in [1.54, 1.807) is 18.2 Å². The van der Waals surface area contributed by atoms with Gasteiger partial charge in [0.1, 0.15) is 12.4 Å². The summed E-state index contributed by atoms with van der Waals surface area (Å²) in [6.07, 6.45) is 7.45. The molecular formula is C16H15ClN4O3. The predicted octanol–water partition coefficient (Wildman–Crippen LogP) is 3.49. The van der Waals surface area contributed by atoms with Crippen LogP contribution in [0.2, 0.25) is 5.02 Å². The second-order valence-corrected chi connectivity index (χ2v) is 5.32. The Morgan fingerprint density at radius 3 is 2.96 bits per heavy atom. The van der Waals surface area contributed by atoms with Crippen LogP contribution in [0.3, 0.4) is 0 Å². The molecule has 0 unspecified atom stereocenters. The lowest BCUT2D eigenvalue weighted by atomic mass is 10.3. The first-order chi connectivity index (χ1) is 11.7. The van der Waals surface area contributed by atoms with Crippen molar-refractivity contribution in [1.82, 2.24) is 9.97 Å². The lowest BCUT2D eigenvalue weighted by molar-refractivity contribution is 0.262. The number of rotatable bonds is 0. The van der Waals surface area contributed by atoms with Gasteiger partial charge in [-0.3, -0.25) is 10.3 Å². The van der Waals surface area contributed by atoms with E-state index in [0.717, 1.165) is 0 Å². The number of nitrogens with one attached hydrogen (secondary N) is 2. The number of urea groups is 1. The Bertz CT molecular complexity index is 767. The summed E-state index contributed by atoms with van der Waals surface area (Å²) in [4.78, 5) is 20.3. The molecule has 7 nitrogen and oxygen atoms in total. The van der Waals surface area contributed by atoms with Crippen LogP contribution in [0, 0.1) is 0 Å². The molecule has 24 heavy (non-hydrogen) atoms. The molecule has 2 amide bonds. The molecular weight excluding hydrogens is 332 g/mol. The number of amides is 2. The summed E-state index contributed by atoms with van der Waals surface area (Å²) < 4.78 is 11.1. The normalized spacial score (nSPS) is 16.1. The van der Waals surface area contributed by atoms with Crippen LogP contribution in [0.15, 0.2) is 42.7 Å². The third kappa shape index (κ3) is 4.36. The number of carbonyl (C=O) groups excluding carboxylic acids is 1. The third-order valence-corrected chi connectivity index (χ3v) is 3.32. The molecule has 0 atom stereocenters. The summed E-state index contributed by atoms with van der Waals surface area (Å²) in [5.74, 6) is 1.14. The largest absolute Gasteiger partial charge is 0.487 e. The molecule has 124 valence electrons. The standard InChI is InChI=1S/C16H15ClN4O3/c17-11-4-5-13-12(8-11)19-16(22)21-14-9-18-10-15(20-14)24-7-3-1-2-6-23-13/h1-2,4-5,8-10H,3,6-7H2,(H2,19,20,21,22)/b2-1-. The zero-order chi connectivity index (χ0) is 16.8. The zero-order valence-electron chi connectivity index (χ0n) is 12.7. The van der Waals surface area contributed by atoms with Crippen molar-refractivity contribution in [1.29, 1.82) is 0 Å². The lowest BCUT2D eigenvalue weighted by Crippen LogP contribution is -2.21. The molecule has 1 aromatic heterocycles. The van der Waals surface area contributed by atoms with Gasteiger partial charge in [-0.2, -0.15) is 4.98 Å². The molecule has 1 aliphatic heterocycles. The fourth-order valence-corrected chi connectivity index (χ4v) is 2.20. The molecule has 2 aromatic rings. The topological polar surface area (TPSA) is 85.4 Å². The lowest BCUT2D eigenvalue weighted by Gasteiger charge is -2.12. The van der Waals surface area contributed by atoms with Gasteiger partial charge in [-0.15, -0.1) is 0 Å². The van der Waals surface area contributed by atoms with Crippen molar-refractivity contribution in [2.45, 2.75) is 6.42 Å². The summed E-state index contributed by atoms with van der Waals surface area (Å²) in [7, 11) is 0. The van der Waals surface area contributed by atoms with Gasteiger partial charge in [0, 0.05) is 5.02 Å². The number of halogens is 1. The summed E-state index contributed by atoms with van der Waals surface area (Å²) in [5, 5.41) is 5.77. The minimum atomic E-state index is -0.487.